The zero-order chi connectivity index (χ0) is 18.5. The molecule has 0 aliphatic carbocycles. The molecule has 2 aromatic rings. The van der Waals surface area contributed by atoms with Crippen LogP contribution in [-0.2, 0) is 17.8 Å². The van der Waals surface area contributed by atoms with Gasteiger partial charge >= 0.3 is 0 Å². The molecule has 0 spiro atoms. The number of halogens is 2. The van der Waals surface area contributed by atoms with E-state index in [0.29, 0.717) is 29.8 Å². The average molecular weight is 394 g/mol. The van der Waals surface area contributed by atoms with Gasteiger partial charge in [-0.3, -0.25) is 9.59 Å². The van der Waals surface area contributed by atoms with Crippen LogP contribution in [0.15, 0.2) is 36.4 Å². The number of nitrogens with two attached hydrogens (primary N) is 1. The van der Waals surface area contributed by atoms with Crippen molar-refractivity contribution >= 4 is 29.9 Å². The first-order valence-electron chi connectivity index (χ1n) is 8.38. The molecule has 0 aromatic heterocycles. The van der Waals surface area contributed by atoms with Crippen LogP contribution in [0, 0.1) is 5.82 Å². The van der Waals surface area contributed by atoms with E-state index >= 15 is 0 Å². The Morgan fingerprint density at radius 1 is 1.19 bits per heavy atom. The quantitative estimate of drug-likeness (QED) is 0.702. The molecule has 0 saturated carbocycles. The van der Waals surface area contributed by atoms with Crippen LogP contribution in [0.4, 0.5) is 10.1 Å². The lowest BCUT2D eigenvalue weighted by atomic mass is 9.99. The van der Waals surface area contributed by atoms with Crippen LogP contribution in [0.25, 0.3) is 0 Å². The van der Waals surface area contributed by atoms with Gasteiger partial charge in [-0.1, -0.05) is 6.07 Å². The van der Waals surface area contributed by atoms with E-state index in [-0.39, 0.29) is 42.8 Å². The number of nitrogens with one attached hydrogen (secondary N) is 2. The smallest absolute Gasteiger partial charge is 0.248 e. The lowest BCUT2D eigenvalue weighted by molar-refractivity contribution is -0.116. The van der Waals surface area contributed by atoms with E-state index in [0.717, 1.165) is 12.1 Å². The first-order chi connectivity index (χ1) is 12.5. The second-order valence-corrected chi connectivity index (χ2v) is 6.03. The van der Waals surface area contributed by atoms with E-state index in [9.17, 15) is 14.0 Å². The Labute approximate surface area is 162 Å². The first-order valence-corrected chi connectivity index (χ1v) is 8.38. The second-order valence-electron chi connectivity index (χ2n) is 6.03. The van der Waals surface area contributed by atoms with Gasteiger partial charge in [0.05, 0.1) is 18.7 Å². The maximum absolute atomic E-state index is 14.5. The van der Waals surface area contributed by atoms with Gasteiger partial charge in [-0.25, -0.2) is 4.39 Å². The van der Waals surface area contributed by atoms with Gasteiger partial charge in [0.15, 0.2) is 0 Å². The van der Waals surface area contributed by atoms with E-state index in [1.807, 2.05) is 6.07 Å². The first kappa shape index (κ1) is 20.7. The summed E-state index contributed by atoms with van der Waals surface area (Å²) in [4.78, 5) is 23.0. The summed E-state index contributed by atoms with van der Waals surface area (Å²) in [5.41, 5.74) is 7.33. The van der Waals surface area contributed by atoms with Crippen molar-refractivity contribution in [2.75, 3.05) is 18.5 Å². The number of carbonyl (C=O) groups is 2. The zero-order valence-electron chi connectivity index (χ0n) is 14.6. The second kappa shape index (κ2) is 9.34. The van der Waals surface area contributed by atoms with E-state index < -0.39 is 5.91 Å². The number of amides is 2. The van der Waals surface area contributed by atoms with Crippen LogP contribution >= 0.6 is 12.4 Å². The molecule has 144 valence electrons. The van der Waals surface area contributed by atoms with Gasteiger partial charge < -0.3 is 21.1 Å². The Morgan fingerprint density at radius 2 is 1.93 bits per heavy atom. The van der Waals surface area contributed by atoms with E-state index in [1.165, 1.54) is 0 Å². The van der Waals surface area contributed by atoms with Crippen molar-refractivity contribution in [3.63, 3.8) is 0 Å². The Balaban J connectivity index is 0.00000261. The van der Waals surface area contributed by atoms with Crippen molar-refractivity contribution in [1.29, 1.82) is 0 Å². The fraction of sp³-hybridized carbons (Fsp3) is 0.263. The molecular weight excluding hydrogens is 373 g/mol. The average Bonchev–Trinajstić information content (AvgIpc) is 2.65. The molecule has 0 saturated heterocycles. The standard InChI is InChI=1S/C19H20FN3O3.ClH/c20-18-15-7-9-22-11-13(15)3-6-16(18)23-17(24)8-10-26-14-4-1-12(2-5-14)19(21)25;/h1-6,22H,7-11H2,(H2,21,25)(H,23,24);1H. The van der Waals surface area contributed by atoms with Crippen molar-refractivity contribution in [2.45, 2.75) is 19.4 Å². The lowest BCUT2D eigenvalue weighted by Gasteiger charge is -2.19. The third-order valence-corrected chi connectivity index (χ3v) is 4.22. The third-order valence-electron chi connectivity index (χ3n) is 4.22. The molecule has 2 amide bonds. The Hall–Kier alpha value is -2.64. The van der Waals surface area contributed by atoms with Gasteiger partial charge in [-0.05, 0) is 54.4 Å². The molecule has 3 rings (SSSR count). The molecule has 0 bridgehead atoms. The molecule has 0 unspecified atom stereocenters. The minimum atomic E-state index is -0.515. The summed E-state index contributed by atoms with van der Waals surface area (Å²) in [7, 11) is 0. The Bertz CT molecular complexity index is 828. The molecular formula is C19H21ClFN3O3. The molecule has 2 aromatic carbocycles. The van der Waals surface area contributed by atoms with Crippen LogP contribution in [0.2, 0.25) is 0 Å². The summed E-state index contributed by atoms with van der Waals surface area (Å²) < 4.78 is 19.9. The maximum atomic E-state index is 14.5. The van der Waals surface area contributed by atoms with Crippen LogP contribution < -0.4 is 21.1 Å². The minimum absolute atomic E-state index is 0. The number of rotatable bonds is 6. The van der Waals surface area contributed by atoms with Crippen molar-refractivity contribution in [2.24, 2.45) is 5.73 Å². The van der Waals surface area contributed by atoms with Crippen molar-refractivity contribution < 1.29 is 18.7 Å². The largest absolute Gasteiger partial charge is 0.493 e. The summed E-state index contributed by atoms with van der Waals surface area (Å²) in [6, 6.07) is 9.73. The van der Waals surface area contributed by atoms with Gasteiger partial charge in [-0.2, -0.15) is 0 Å². The third kappa shape index (κ3) is 5.18. The molecule has 8 heteroatoms. The fourth-order valence-electron chi connectivity index (χ4n) is 2.82. The van der Waals surface area contributed by atoms with Crippen LogP contribution in [0.1, 0.15) is 27.9 Å². The number of ether oxygens (including phenoxy) is 1. The topological polar surface area (TPSA) is 93.5 Å². The van der Waals surface area contributed by atoms with Crippen molar-refractivity contribution in [3.8, 4) is 5.75 Å². The summed E-state index contributed by atoms with van der Waals surface area (Å²) in [5.74, 6) is -0.680. The highest BCUT2D eigenvalue weighted by Gasteiger charge is 2.17. The van der Waals surface area contributed by atoms with Crippen molar-refractivity contribution in [3.05, 3.63) is 58.9 Å². The predicted molar refractivity (Wildman–Crippen MR) is 103 cm³/mol. The maximum Gasteiger partial charge on any atom is 0.248 e. The van der Waals surface area contributed by atoms with Crippen LogP contribution in [-0.4, -0.2) is 25.0 Å². The summed E-state index contributed by atoms with van der Waals surface area (Å²) in [6.45, 7) is 1.50. The summed E-state index contributed by atoms with van der Waals surface area (Å²) >= 11 is 0. The number of fused-ring (bicyclic) bond motifs is 1. The van der Waals surface area contributed by atoms with Gasteiger partial charge in [0.25, 0.3) is 0 Å². The van der Waals surface area contributed by atoms with E-state index in [1.54, 1.807) is 30.3 Å². The Kier molecular flexibility index (Phi) is 7.15. The molecule has 27 heavy (non-hydrogen) atoms. The fourth-order valence-corrected chi connectivity index (χ4v) is 2.82. The molecule has 0 atom stereocenters. The monoisotopic (exact) mass is 393 g/mol. The van der Waals surface area contributed by atoms with Crippen molar-refractivity contribution in [1.82, 2.24) is 5.32 Å². The highest BCUT2D eigenvalue weighted by Crippen LogP contribution is 2.24. The van der Waals surface area contributed by atoms with Crippen LogP contribution in [0.5, 0.6) is 5.75 Å². The van der Waals surface area contributed by atoms with Gasteiger partial charge in [0.1, 0.15) is 11.6 Å². The van der Waals surface area contributed by atoms with Gasteiger partial charge in [0.2, 0.25) is 11.8 Å². The molecule has 0 radical (unpaired) electrons. The molecule has 4 N–H and O–H groups in total. The number of benzene rings is 2. The molecule has 6 nitrogen and oxygen atoms in total. The highest BCUT2D eigenvalue weighted by atomic mass is 35.5. The molecule has 1 aliphatic rings. The van der Waals surface area contributed by atoms with E-state index in [2.05, 4.69) is 10.6 Å². The zero-order valence-corrected chi connectivity index (χ0v) is 15.4. The normalized spacial score (nSPS) is 12.5. The Morgan fingerprint density at radius 3 is 2.63 bits per heavy atom. The van der Waals surface area contributed by atoms with Gasteiger partial charge in [0, 0.05) is 12.1 Å². The lowest BCUT2D eigenvalue weighted by Crippen LogP contribution is -2.25. The number of anilines is 1. The highest BCUT2D eigenvalue weighted by molar-refractivity contribution is 5.93. The summed E-state index contributed by atoms with van der Waals surface area (Å²) in [5, 5.41) is 5.78. The SMILES string of the molecule is Cl.NC(=O)c1ccc(OCCC(=O)Nc2ccc3c(c2F)CCNC3)cc1. The van der Waals surface area contributed by atoms with Crippen LogP contribution in [0.3, 0.4) is 0 Å². The summed E-state index contributed by atoms with van der Waals surface area (Å²) in [6.07, 6.45) is 0.685. The number of hydrogen-bond acceptors (Lipinski definition) is 4. The van der Waals surface area contributed by atoms with E-state index in [4.69, 9.17) is 10.5 Å². The molecule has 0 fully saturated rings. The predicted octanol–water partition coefficient (Wildman–Crippen LogP) is 2.40. The number of hydrogen-bond donors (Lipinski definition) is 3. The molecule has 1 aliphatic heterocycles. The van der Waals surface area contributed by atoms with Gasteiger partial charge in [-0.15, -0.1) is 12.4 Å². The molecule has 1 heterocycles. The number of carbonyl (C=O) groups excluding carboxylic acids is 2. The number of primary amides is 1. The minimum Gasteiger partial charge on any atom is -0.493 e.